The van der Waals surface area contributed by atoms with Crippen LogP contribution in [0.3, 0.4) is 0 Å². The zero-order valence-electron chi connectivity index (χ0n) is 16.1. The molecule has 0 saturated carbocycles. The quantitative estimate of drug-likeness (QED) is 0.660. The van der Waals surface area contributed by atoms with Crippen molar-refractivity contribution < 1.29 is 17.6 Å². The maximum Gasteiger partial charge on any atom is 0.261 e. The van der Waals surface area contributed by atoms with Crippen molar-refractivity contribution in [3.63, 3.8) is 0 Å². The number of nitrogens with zero attached hydrogens (tertiary/aromatic N) is 3. The number of hydrogen-bond donors (Lipinski definition) is 0. The summed E-state index contributed by atoms with van der Waals surface area (Å²) < 4.78 is 39.2. The predicted octanol–water partition coefficient (Wildman–Crippen LogP) is 3.32. The van der Waals surface area contributed by atoms with Gasteiger partial charge < -0.3 is 4.90 Å². The lowest BCUT2D eigenvalue weighted by Gasteiger charge is -2.29. The Morgan fingerprint density at radius 3 is 2.62 bits per heavy atom. The average molecular weight is 413 g/mol. The molecule has 0 spiro atoms. The summed E-state index contributed by atoms with van der Waals surface area (Å²) in [7, 11) is -3.32. The van der Waals surface area contributed by atoms with Gasteiger partial charge in [0, 0.05) is 18.5 Å². The lowest BCUT2D eigenvalue weighted by atomic mass is 10.0. The van der Waals surface area contributed by atoms with Crippen LogP contribution >= 0.6 is 0 Å². The van der Waals surface area contributed by atoms with Gasteiger partial charge in [0.05, 0.1) is 22.3 Å². The lowest BCUT2D eigenvalue weighted by Crippen LogP contribution is -2.35. The predicted molar refractivity (Wildman–Crippen MR) is 108 cm³/mol. The number of carbonyl (C=O) groups is 1. The van der Waals surface area contributed by atoms with Crippen LogP contribution in [0.25, 0.3) is 5.69 Å². The number of para-hydroxylation sites is 1. The van der Waals surface area contributed by atoms with Crippen molar-refractivity contribution in [2.75, 3.05) is 17.7 Å². The van der Waals surface area contributed by atoms with Crippen molar-refractivity contribution >= 4 is 21.4 Å². The van der Waals surface area contributed by atoms with E-state index in [0.29, 0.717) is 29.9 Å². The van der Waals surface area contributed by atoms with Gasteiger partial charge in [-0.05, 0) is 55.7 Å². The van der Waals surface area contributed by atoms with E-state index in [1.54, 1.807) is 42.2 Å². The molecule has 2 heterocycles. The van der Waals surface area contributed by atoms with Gasteiger partial charge in [-0.2, -0.15) is 5.10 Å². The minimum Gasteiger partial charge on any atom is -0.308 e. The normalized spacial score (nSPS) is 14.0. The third-order valence-corrected chi connectivity index (χ3v) is 6.27. The SMILES string of the molecule is Cc1c(C(=O)N2CCCc3cc(S(C)(=O)=O)ccc32)cnn1-c1ccccc1F. The molecule has 0 atom stereocenters. The molecular weight excluding hydrogens is 393 g/mol. The van der Waals surface area contributed by atoms with E-state index in [4.69, 9.17) is 0 Å². The third-order valence-electron chi connectivity index (χ3n) is 5.16. The summed E-state index contributed by atoms with van der Waals surface area (Å²) in [6.07, 6.45) is 4.05. The first-order chi connectivity index (χ1) is 13.8. The highest BCUT2D eigenvalue weighted by atomic mass is 32.2. The van der Waals surface area contributed by atoms with Crippen LogP contribution in [0, 0.1) is 12.7 Å². The van der Waals surface area contributed by atoms with Crippen molar-refractivity contribution in [2.24, 2.45) is 0 Å². The van der Waals surface area contributed by atoms with Crippen LogP contribution in [-0.4, -0.2) is 36.9 Å². The number of halogens is 1. The summed E-state index contributed by atoms with van der Waals surface area (Å²) in [6, 6.07) is 11.1. The van der Waals surface area contributed by atoms with E-state index in [2.05, 4.69) is 5.10 Å². The molecule has 0 saturated heterocycles. The molecule has 0 fully saturated rings. The van der Waals surface area contributed by atoms with E-state index in [0.717, 1.165) is 12.0 Å². The molecule has 6 nitrogen and oxygen atoms in total. The molecule has 0 unspecified atom stereocenters. The molecule has 8 heteroatoms. The highest BCUT2D eigenvalue weighted by Gasteiger charge is 2.27. The van der Waals surface area contributed by atoms with Gasteiger partial charge in [-0.3, -0.25) is 4.79 Å². The molecule has 0 N–H and O–H groups in total. The standard InChI is InChI=1S/C21H20FN3O3S/c1-14-17(13-23-25(14)20-8-4-3-7-18(20)22)21(26)24-11-5-6-15-12-16(29(2,27)28)9-10-19(15)24/h3-4,7-10,12-13H,5-6,11H2,1-2H3. The largest absolute Gasteiger partial charge is 0.308 e. The first-order valence-corrected chi connectivity index (χ1v) is 11.1. The number of aromatic nitrogens is 2. The van der Waals surface area contributed by atoms with Crippen molar-refractivity contribution in [3.05, 3.63) is 71.3 Å². The van der Waals surface area contributed by atoms with Gasteiger partial charge in [-0.25, -0.2) is 17.5 Å². The van der Waals surface area contributed by atoms with Gasteiger partial charge in [-0.15, -0.1) is 0 Å². The minimum atomic E-state index is -3.32. The molecule has 0 radical (unpaired) electrons. The number of sulfone groups is 1. The van der Waals surface area contributed by atoms with Gasteiger partial charge in [0.15, 0.2) is 9.84 Å². The Bertz CT molecular complexity index is 1220. The van der Waals surface area contributed by atoms with Gasteiger partial charge in [-0.1, -0.05) is 12.1 Å². The number of hydrogen-bond acceptors (Lipinski definition) is 4. The van der Waals surface area contributed by atoms with E-state index in [-0.39, 0.29) is 16.5 Å². The van der Waals surface area contributed by atoms with Crippen molar-refractivity contribution in [1.29, 1.82) is 0 Å². The van der Waals surface area contributed by atoms with Gasteiger partial charge in [0.1, 0.15) is 11.5 Å². The summed E-state index contributed by atoms with van der Waals surface area (Å²) in [5.41, 5.74) is 2.73. The number of amides is 1. The molecule has 29 heavy (non-hydrogen) atoms. The van der Waals surface area contributed by atoms with Crippen LogP contribution in [0.15, 0.2) is 53.6 Å². The van der Waals surface area contributed by atoms with E-state index in [1.807, 2.05) is 0 Å². The topological polar surface area (TPSA) is 72.3 Å². The summed E-state index contributed by atoms with van der Waals surface area (Å²) in [5, 5.41) is 4.21. The minimum absolute atomic E-state index is 0.238. The summed E-state index contributed by atoms with van der Waals surface area (Å²) >= 11 is 0. The maximum absolute atomic E-state index is 14.1. The molecule has 4 rings (SSSR count). The molecule has 150 valence electrons. The summed E-state index contributed by atoms with van der Waals surface area (Å²) in [6.45, 7) is 2.25. The van der Waals surface area contributed by atoms with Crippen LogP contribution in [0.5, 0.6) is 0 Å². The van der Waals surface area contributed by atoms with Gasteiger partial charge in [0.2, 0.25) is 0 Å². The van der Waals surface area contributed by atoms with Gasteiger partial charge >= 0.3 is 0 Å². The molecule has 0 aliphatic carbocycles. The Kier molecular flexibility index (Phi) is 4.74. The summed E-state index contributed by atoms with van der Waals surface area (Å²) in [4.78, 5) is 15.1. The van der Waals surface area contributed by atoms with Crippen LogP contribution in [-0.2, 0) is 16.3 Å². The van der Waals surface area contributed by atoms with E-state index in [9.17, 15) is 17.6 Å². The fraction of sp³-hybridized carbons (Fsp3) is 0.238. The highest BCUT2D eigenvalue weighted by molar-refractivity contribution is 7.90. The van der Waals surface area contributed by atoms with Crippen molar-refractivity contribution in [1.82, 2.24) is 9.78 Å². The molecule has 1 aliphatic rings. The van der Waals surface area contributed by atoms with Crippen LogP contribution in [0.4, 0.5) is 10.1 Å². The number of aryl methyl sites for hydroxylation is 1. The molecule has 0 bridgehead atoms. The summed E-state index contributed by atoms with van der Waals surface area (Å²) in [5.74, 6) is -0.660. The van der Waals surface area contributed by atoms with Crippen molar-refractivity contribution in [3.8, 4) is 5.69 Å². The third kappa shape index (κ3) is 3.44. The Hall–Kier alpha value is -3.00. The first kappa shape index (κ1) is 19.3. The van der Waals surface area contributed by atoms with E-state index < -0.39 is 15.7 Å². The highest BCUT2D eigenvalue weighted by Crippen LogP contribution is 2.31. The second-order valence-electron chi connectivity index (χ2n) is 7.13. The van der Waals surface area contributed by atoms with Crippen LogP contribution in [0.2, 0.25) is 0 Å². The fourth-order valence-electron chi connectivity index (χ4n) is 3.65. The first-order valence-electron chi connectivity index (χ1n) is 9.22. The van der Waals surface area contributed by atoms with E-state index >= 15 is 0 Å². The second-order valence-corrected chi connectivity index (χ2v) is 9.15. The number of rotatable bonds is 3. The van der Waals surface area contributed by atoms with Gasteiger partial charge in [0.25, 0.3) is 5.91 Å². The number of anilines is 1. The number of fused-ring (bicyclic) bond motifs is 1. The Morgan fingerprint density at radius 1 is 1.14 bits per heavy atom. The fourth-order valence-corrected chi connectivity index (χ4v) is 4.32. The Morgan fingerprint density at radius 2 is 1.90 bits per heavy atom. The molecule has 1 amide bonds. The maximum atomic E-state index is 14.1. The molecule has 2 aromatic carbocycles. The molecule has 1 aliphatic heterocycles. The number of benzene rings is 2. The zero-order chi connectivity index (χ0) is 20.8. The van der Waals surface area contributed by atoms with E-state index in [1.165, 1.54) is 29.3 Å². The number of carbonyl (C=O) groups excluding carboxylic acids is 1. The molecule has 1 aromatic heterocycles. The lowest BCUT2D eigenvalue weighted by molar-refractivity contribution is 0.0984. The Labute approximate surface area is 168 Å². The Balaban J connectivity index is 1.72. The molecule has 3 aromatic rings. The zero-order valence-corrected chi connectivity index (χ0v) is 16.9. The van der Waals surface area contributed by atoms with Crippen LogP contribution in [0.1, 0.15) is 28.0 Å². The van der Waals surface area contributed by atoms with Crippen molar-refractivity contribution in [2.45, 2.75) is 24.7 Å². The average Bonchev–Trinajstić information content (AvgIpc) is 3.07. The monoisotopic (exact) mass is 413 g/mol. The second kappa shape index (κ2) is 7.11. The molecular formula is C21H20FN3O3S. The smallest absolute Gasteiger partial charge is 0.261 e. The van der Waals surface area contributed by atoms with Crippen LogP contribution < -0.4 is 4.90 Å².